The molecule has 1 aliphatic rings. The number of hydrogen-bond acceptors (Lipinski definition) is 6. The summed E-state index contributed by atoms with van der Waals surface area (Å²) in [5.41, 5.74) is 2.10. The summed E-state index contributed by atoms with van der Waals surface area (Å²) < 4.78 is 5.38. The van der Waals surface area contributed by atoms with E-state index in [0.29, 0.717) is 41.1 Å². The van der Waals surface area contributed by atoms with Crippen LogP contribution < -0.4 is 5.32 Å². The zero-order chi connectivity index (χ0) is 20.0. The van der Waals surface area contributed by atoms with Gasteiger partial charge in [-0.05, 0) is 38.0 Å². The molecule has 0 saturated carbocycles. The molecular weight excluding hydrogens is 376 g/mol. The van der Waals surface area contributed by atoms with Crippen molar-refractivity contribution in [3.63, 3.8) is 0 Å². The molecule has 1 saturated heterocycles. The molecule has 8 heteroatoms. The summed E-state index contributed by atoms with van der Waals surface area (Å²) in [6.45, 7) is 8.63. The van der Waals surface area contributed by atoms with Crippen molar-refractivity contribution in [2.45, 2.75) is 33.7 Å². The van der Waals surface area contributed by atoms with Crippen molar-refractivity contribution in [3.05, 3.63) is 34.3 Å². The molecule has 4 rings (SSSR count). The lowest BCUT2D eigenvalue weighted by molar-refractivity contribution is -0.129. The highest BCUT2D eigenvalue weighted by Crippen LogP contribution is 2.32. The summed E-state index contributed by atoms with van der Waals surface area (Å²) >= 11 is 1.60. The van der Waals surface area contributed by atoms with E-state index in [0.717, 1.165) is 9.75 Å². The molecule has 1 aliphatic heterocycles. The van der Waals surface area contributed by atoms with Crippen LogP contribution in [0.4, 0.5) is 0 Å². The summed E-state index contributed by atoms with van der Waals surface area (Å²) in [6, 6.07) is 5.29. The van der Waals surface area contributed by atoms with Gasteiger partial charge in [-0.25, -0.2) is 4.98 Å². The summed E-state index contributed by atoms with van der Waals surface area (Å²) in [6.07, 6.45) is 0. The first-order chi connectivity index (χ1) is 13.4. The van der Waals surface area contributed by atoms with Crippen molar-refractivity contribution in [2.75, 3.05) is 13.1 Å². The molecular formula is C20H22N4O3S. The minimum Gasteiger partial charge on any atom is -0.353 e. The number of aryl methyl sites for hydroxylation is 2. The number of nitrogens with zero attached hydrogens (tertiary/aromatic N) is 3. The first-order valence-electron chi connectivity index (χ1n) is 9.29. The lowest BCUT2D eigenvalue weighted by Crippen LogP contribution is -2.59. The molecule has 7 nitrogen and oxygen atoms in total. The normalized spacial score (nSPS) is 17.4. The maximum absolute atomic E-state index is 13.6. The number of carbonyl (C=O) groups is 2. The van der Waals surface area contributed by atoms with Crippen LogP contribution in [-0.4, -0.2) is 46.0 Å². The van der Waals surface area contributed by atoms with Crippen molar-refractivity contribution < 1.29 is 14.1 Å². The summed E-state index contributed by atoms with van der Waals surface area (Å²) in [4.78, 5) is 34.3. The van der Waals surface area contributed by atoms with E-state index in [9.17, 15) is 9.59 Å². The first-order valence-corrected chi connectivity index (χ1v) is 10.1. The fraction of sp³-hybridized carbons (Fsp3) is 0.400. The number of fused-ring (bicyclic) bond motifs is 1. The van der Waals surface area contributed by atoms with E-state index in [1.807, 2.05) is 32.9 Å². The van der Waals surface area contributed by atoms with Gasteiger partial charge in [0.15, 0.2) is 0 Å². The van der Waals surface area contributed by atoms with Gasteiger partial charge in [-0.3, -0.25) is 9.59 Å². The number of amides is 2. The smallest absolute Gasteiger partial charge is 0.259 e. The predicted octanol–water partition coefficient (Wildman–Crippen LogP) is 3.16. The van der Waals surface area contributed by atoms with Crippen molar-refractivity contribution in [2.24, 2.45) is 5.92 Å². The zero-order valence-electron chi connectivity index (χ0n) is 16.3. The average molecular weight is 398 g/mol. The van der Waals surface area contributed by atoms with Gasteiger partial charge >= 0.3 is 0 Å². The highest BCUT2D eigenvalue weighted by atomic mass is 32.1. The largest absolute Gasteiger partial charge is 0.353 e. The number of nitrogens with one attached hydrogen (secondary N) is 1. The van der Waals surface area contributed by atoms with Crippen LogP contribution in [0.5, 0.6) is 0 Å². The number of piperazine rings is 1. The minimum absolute atomic E-state index is 0.00423. The number of thiophene rings is 1. The van der Waals surface area contributed by atoms with Gasteiger partial charge in [-0.2, -0.15) is 0 Å². The van der Waals surface area contributed by atoms with Crippen LogP contribution in [0.25, 0.3) is 21.7 Å². The predicted molar refractivity (Wildman–Crippen MR) is 107 cm³/mol. The Labute approximate surface area is 166 Å². The fourth-order valence-corrected chi connectivity index (χ4v) is 4.52. The third-order valence-corrected chi connectivity index (χ3v) is 6.01. The highest BCUT2D eigenvalue weighted by Gasteiger charge is 2.36. The van der Waals surface area contributed by atoms with Crippen LogP contribution in [0.2, 0.25) is 0 Å². The summed E-state index contributed by atoms with van der Waals surface area (Å²) in [5, 5.41) is 7.47. The SMILES string of the molecule is Cc1ccc(-c2cc(C(=O)N3CCNC(=O)C3C(C)C)c3c(C)noc3n2)s1. The van der Waals surface area contributed by atoms with Gasteiger partial charge < -0.3 is 14.7 Å². The topological polar surface area (TPSA) is 88.3 Å². The Hall–Kier alpha value is -2.74. The number of carbonyl (C=O) groups excluding carboxylic acids is 2. The zero-order valence-corrected chi connectivity index (χ0v) is 17.1. The summed E-state index contributed by atoms with van der Waals surface area (Å²) in [5.74, 6) is -0.303. The number of pyridine rings is 1. The Balaban J connectivity index is 1.85. The van der Waals surface area contributed by atoms with E-state index in [2.05, 4.69) is 15.5 Å². The van der Waals surface area contributed by atoms with E-state index < -0.39 is 6.04 Å². The molecule has 28 heavy (non-hydrogen) atoms. The molecule has 4 heterocycles. The lowest BCUT2D eigenvalue weighted by atomic mass is 9.98. The molecule has 3 aromatic rings. The number of hydrogen-bond donors (Lipinski definition) is 1. The van der Waals surface area contributed by atoms with Crippen LogP contribution >= 0.6 is 11.3 Å². The second-order valence-corrected chi connectivity index (χ2v) is 8.68. The Morgan fingerprint density at radius 1 is 1.36 bits per heavy atom. The summed E-state index contributed by atoms with van der Waals surface area (Å²) in [7, 11) is 0. The van der Waals surface area contributed by atoms with Gasteiger partial charge in [0.2, 0.25) is 5.91 Å². The Kier molecular flexibility index (Phi) is 4.66. The molecule has 1 fully saturated rings. The highest BCUT2D eigenvalue weighted by molar-refractivity contribution is 7.15. The van der Waals surface area contributed by atoms with Crippen LogP contribution in [0.15, 0.2) is 22.7 Å². The molecule has 0 radical (unpaired) electrons. The van der Waals surface area contributed by atoms with Crippen LogP contribution in [0.3, 0.4) is 0 Å². The monoisotopic (exact) mass is 398 g/mol. The molecule has 0 bridgehead atoms. The molecule has 1 atom stereocenters. The molecule has 0 aliphatic carbocycles. The van der Waals surface area contributed by atoms with Gasteiger partial charge in [-0.15, -0.1) is 11.3 Å². The molecule has 0 aromatic carbocycles. The molecule has 0 spiro atoms. The minimum atomic E-state index is -0.503. The van der Waals surface area contributed by atoms with Crippen molar-refractivity contribution >= 4 is 34.3 Å². The maximum Gasteiger partial charge on any atom is 0.259 e. The van der Waals surface area contributed by atoms with Gasteiger partial charge in [0.25, 0.3) is 11.6 Å². The molecule has 2 amide bonds. The van der Waals surface area contributed by atoms with Crippen molar-refractivity contribution in [1.29, 1.82) is 0 Å². The number of rotatable bonds is 3. The van der Waals surface area contributed by atoms with E-state index in [4.69, 9.17) is 4.52 Å². The third-order valence-electron chi connectivity index (χ3n) is 4.99. The van der Waals surface area contributed by atoms with E-state index >= 15 is 0 Å². The Morgan fingerprint density at radius 2 is 2.14 bits per heavy atom. The van der Waals surface area contributed by atoms with Gasteiger partial charge in [0.05, 0.1) is 27.2 Å². The second kappa shape index (κ2) is 7.01. The van der Waals surface area contributed by atoms with E-state index in [1.165, 1.54) is 0 Å². The molecule has 3 aromatic heterocycles. The van der Waals surface area contributed by atoms with Gasteiger partial charge in [0, 0.05) is 18.0 Å². The quantitative estimate of drug-likeness (QED) is 0.732. The van der Waals surface area contributed by atoms with Crippen molar-refractivity contribution in [1.82, 2.24) is 20.4 Å². The van der Waals surface area contributed by atoms with Crippen LogP contribution in [-0.2, 0) is 4.79 Å². The van der Waals surface area contributed by atoms with E-state index in [1.54, 1.807) is 29.2 Å². The first kappa shape index (κ1) is 18.6. The lowest BCUT2D eigenvalue weighted by Gasteiger charge is -2.37. The van der Waals surface area contributed by atoms with Crippen LogP contribution in [0.1, 0.15) is 34.8 Å². The number of aromatic nitrogens is 2. The second-order valence-electron chi connectivity index (χ2n) is 7.39. The Morgan fingerprint density at radius 3 is 2.82 bits per heavy atom. The third kappa shape index (κ3) is 3.07. The fourth-order valence-electron chi connectivity index (χ4n) is 3.69. The van der Waals surface area contributed by atoms with Gasteiger partial charge in [-0.1, -0.05) is 19.0 Å². The average Bonchev–Trinajstić information content (AvgIpc) is 3.26. The molecule has 146 valence electrons. The standard InChI is InChI=1S/C20H22N4O3S/c1-10(2)17-18(25)21-7-8-24(17)20(26)13-9-14(15-6-5-11(3)28-15)22-19-16(13)12(4)23-27-19/h5-6,9-10,17H,7-8H2,1-4H3,(H,21,25). The van der Waals surface area contributed by atoms with Crippen molar-refractivity contribution in [3.8, 4) is 10.6 Å². The van der Waals surface area contributed by atoms with Gasteiger partial charge in [0.1, 0.15) is 6.04 Å². The maximum atomic E-state index is 13.6. The Bertz CT molecular complexity index is 1070. The molecule has 1 unspecified atom stereocenters. The van der Waals surface area contributed by atoms with E-state index in [-0.39, 0.29) is 17.7 Å². The molecule has 1 N–H and O–H groups in total. The van der Waals surface area contributed by atoms with Crippen LogP contribution in [0, 0.1) is 19.8 Å².